The molecule has 178 valence electrons. The maximum Gasteiger partial charge on any atom is 0.357 e. The summed E-state index contributed by atoms with van der Waals surface area (Å²) >= 11 is 0. The van der Waals surface area contributed by atoms with Gasteiger partial charge in [0.2, 0.25) is 0 Å². The topological polar surface area (TPSA) is 126 Å². The van der Waals surface area contributed by atoms with Crippen LogP contribution in [0.2, 0.25) is 0 Å². The van der Waals surface area contributed by atoms with Gasteiger partial charge in [0.1, 0.15) is 11.8 Å². The summed E-state index contributed by atoms with van der Waals surface area (Å²) in [6, 6.07) is 4.91. The first-order valence-electron chi connectivity index (χ1n) is 11.7. The number of hydrogen-bond donors (Lipinski definition) is 2. The number of pyridine rings is 1. The minimum Gasteiger partial charge on any atom is -0.458 e. The number of nitrogens with one attached hydrogen (secondary N) is 2. The number of aromatic nitrogens is 5. The Bertz CT molecular complexity index is 921. The first-order valence-corrected chi connectivity index (χ1v) is 11.7. The average Bonchev–Trinajstić information content (AvgIpc) is 3.34. The summed E-state index contributed by atoms with van der Waals surface area (Å²) < 4.78 is 5.76. The van der Waals surface area contributed by atoms with Crippen LogP contribution in [0.1, 0.15) is 75.1 Å². The molecular formula is C23H33N7O3. The van der Waals surface area contributed by atoms with E-state index < -0.39 is 5.97 Å². The lowest BCUT2D eigenvalue weighted by Crippen LogP contribution is -2.51. The number of aromatic amines is 1. The van der Waals surface area contributed by atoms with E-state index in [1.807, 2.05) is 4.90 Å². The second kappa shape index (κ2) is 9.84. The SMILES string of the molecule is CC(C)(C)C1CCN(C(=O)NC2CC(OC(=O)c3ccccn3)CC(c3nn[nH]n3)C2)CC1. The van der Waals surface area contributed by atoms with Crippen LogP contribution in [0.25, 0.3) is 0 Å². The maximum absolute atomic E-state index is 13.0. The van der Waals surface area contributed by atoms with Crippen molar-refractivity contribution in [3.8, 4) is 0 Å². The van der Waals surface area contributed by atoms with Crippen LogP contribution in [0.3, 0.4) is 0 Å². The molecule has 10 nitrogen and oxygen atoms in total. The van der Waals surface area contributed by atoms with E-state index in [0.29, 0.717) is 31.0 Å². The van der Waals surface area contributed by atoms with E-state index in [0.717, 1.165) is 25.9 Å². The van der Waals surface area contributed by atoms with E-state index >= 15 is 0 Å². The Morgan fingerprint density at radius 1 is 1.15 bits per heavy atom. The Hall–Kier alpha value is -3.04. The summed E-state index contributed by atoms with van der Waals surface area (Å²) in [5, 5.41) is 17.6. The van der Waals surface area contributed by atoms with Crippen molar-refractivity contribution < 1.29 is 14.3 Å². The van der Waals surface area contributed by atoms with E-state index in [2.05, 4.69) is 51.7 Å². The molecule has 2 aromatic heterocycles. The number of carbonyl (C=O) groups excluding carboxylic acids is 2. The van der Waals surface area contributed by atoms with E-state index in [1.165, 1.54) is 0 Å². The lowest BCUT2D eigenvalue weighted by Gasteiger charge is -2.40. The van der Waals surface area contributed by atoms with Crippen LogP contribution in [0.4, 0.5) is 4.79 Å². The number of piperidine rings is 1. The minimum atomic E-state index is -0.469. The van der Waals surface area contributed by atoms with Crippen LogP contribution in [0, 0.1) is 11.3 Å². The van der Waals surface area contributed by atoms with Crippen molar-refractivity contribution in [2.24, 2.45) is 11.3 Å². The second-order valence-electron chi connectivity index (χ2n) is 10.2. The van der Waals surface area contributed by atoms with Crippen molar-refractivity contribution in [2.75, 3.05) is 13.1 Å². The van der Waals surface area contributed by atoms with Gasteiger partial charge in [0.05, 0.1) is 0 Å². The molecule has 0 aromatic carbocycles. The fraction of sp³-hybridized carbons (Fsp3) is 0.652. The molecule has 1 aliphatic carbocycles. The van der Waals surface area contributed by atoms with Gasteiger partial charge in [-0.1, -0.05) is 32.1 Å². The standard InChI is InChI=1S/C23H33N7O3/c1-23(2,3)16-7-10-30(11-8-16)22(32)25-17-12-15(20-26-28-29-27-20)13-18(14-17)33-21(31)19-6-4-5-9-24-19/h4-6,9,15-18H,7-8,10-14H2,1-3H3,(H,25,32)(H,26,27,28,29). The Kier molecular flexibility index (Phi) is 6.90. The molecule has 2 fully saturated rings. The molecule has 1 saturated carbocycles. The average molecular weight is 456 g/mol. The van der Waals surface area contributed by atoms with E-state index in [1.54, 1.807) is 24.4 Å². The molecule has 3 atom stereocenters. The van der Waals surface area contributed by atoms with Gasteiger partial charge in [-0.25, -0.2) is 14.6 Å². The van der Waals surface area contributed by atoms with Crippen LogP contribution in [0.5, 0.6) is 0 Å². The molecule has 0 bridgehead atoms. The Balaban J connectivity index is 1.39. The fourth-order valence-corrected chi connectivity index (χ4v) is 4.94. The van der Waals surface area contributed by atoms with Crippen LogP contribution in [-0.2, 0) is 4.74 Å². The zero-order valence-corrected chi connectivity index (χ0v) is 19.5. The first kappa shape index (κ1) is 23.1. The largest absolute Gasteiger partial charge is 0.458 e. The van der Waals surface area contributed by atoms with E-state index in [4.69, 9.17) is 4.74 Å². The molecule has 0 spiro atoms. The van der Waals surface area contributed by atoms with Gasteiger partial charge in [-0.3, -0.25) is 0 Å². The van der Waals surface area contributed by atoms with Gasteiger partial charge in [-0.05, 0) is 49.1 Å². The minimum absolute atomic E-state index is 0.0593. The molecule has 2 N–H and O–H groups in total. The molecule has 0 radical (unpaired) electrons. The number of ether oxygens (including phenoxy) is 1. The van der Waals surface area contributed by atoms with E-state index in [-0.39, 0.29) is 35.2 Å². The fourth-order valence-electron chi connectivity index (χ4n) is 4.94. The molecule has 4 rings (SSSR count). The third-order valence-electron chi connectivity index (χ3n) is 6.87. The molecule has 2 aliphatic rings. The molecule has 10 heteroatoms. The highest BCUT2D eigenvalue weighted by Gasteiger charge is 2.36. The zero-order valence-electron chi connectivity index (χ0n) is 19.5. The van der Waals surface area contributed by atoms with Crippen molar-refractivity contribution in [3.05, 3.63) is 35.9 Å². The van der Waals surface area contributed by atoms with Gasteiger partial charge in [0, 0.05) is 37.7 Å². The molecular weight excluding hydrogens is 422 g/mol. The smallest absolute Gasteiger partial charge is 0.357 e. The summed E-state index contributed by atoms with van der Waals surface area (Å²) in [7, 11) is 0. The monoisotopic (exact) mass is 455 g/mol. The van der Waals surface area contributed by atoms with Crippen LogP contribution < -0.4 is 5.32 Å². The molecule has 33 heavy (non-hydrogen) atoms. The van der Waals surface area contributed by atoms with Crippen molar-refractivity contribution in [3.63, 3.8) is 0 Å². The highest BCUT2D eigenvalue weighted by atomic mass is 16.5. The van der Waals surface area contributed by atoms with Gasteiger partial charge in [0.25, 0.3) is 0 Å². The number of rotatable bonds is 4. The summed E-state index contributed by atoms with van der Waals surface area (Å²) in [4.78, 5) is 31.5. The highest BCUT2D eigenvalue weighted by Crippen LogP contribution is 2.35. The molecule has 3 unspecified atom stereocenters. The lowest BCUT2D eigenvalue weighted by atomic mass is 9.75. The number of esters is 1. The third kappa shape index (κ3) is 5.85. The molecule has 2 amide bonds. The predicted molar refractivity (Wildman–Crippen MR) is 120 cm³/mol. The maximum atomic E-state index is 13.0. The van der Waals surface area contributed by atoms with Gasteiger partial charge >= 0.3 is 12.0 Å². The highest BCUT2D eigenvalue weighted by molar-refractivity contribution is 5.87. The zero-order chi connectivity index (χ0) is 23.4. The van der Waals surface area contributed by atoms with Crippen LogP contribution in [0.15, 0.2) is 24.4 Å². The normalized spacial score (nSPS) is 24.3. The molecule has 3 heterocycles. The summed E-state index contributed by atoms with van der Waals surface area (Å²) in [5.74, 6) is 0.646. The summed E-state index contributed by atoms with van der Waals surface area (Å²) in [5.41, 5.74) is 0.524. The third-order valence-corrected chi connectivity index (χ3v) is 6.87. The summed E-state index contributed by atoms with van der Waals surface area (Å²) in [6.45, 7) is 8.30. The Morgan fingerprint density at radius 2 is 1.94 bits per heavy atom. The first-order chi connectivity index (χ1) is 15.8. The number of carbonyl (C=O) groups is 2. The van der Waals surface area contributed by atoms with Gasteiger partial charge in [-0.15, -0.1) is 10.2 Å². The van der Waals surface area contributed by atoms with Crippen LogP contribution >= 0.6 is 0 Å². The van der Waals surface area contributed by atoms with Crippen molar-refractivity contribution in [1.82, 2.24) is 35.8 Å². The number of H-pyrrole nitrogens is 1. The number of amides is 2. The number of tetrazole rings is 1. The van der Waals surface area contributed by atoms with Gasteiger partial charge in [-0.2, -0.15) is 5.21 Å². The Morgan fingerprint density at radius 3 is 2.58 bits per heavy atom. The molecule has 1 saturated heterocycles. The quantitative estimate of drug-likeness (QED) is 0.679. The number of urea groups is 1. The van der Waals surface area contributed by atoms with Crippen molar-refractivity contribution in [1.29, 1.82) is 0 Å². The van der Waals surface area contributed by atoms with Gasteiger partial charge in [0.15, 0.2) is 5.82 Å². The molecule has 1 aliphatic heterocycles. The predicted octanol–water partition coefficient (Wildman–Crippen LogP) is 2.92. The second-order valence-corrected chi connectivity index (χ2v) is 10.2. The molecule has 2 aromatic rings. The Labute approximate surface area is 193 Å². The lowest BCUT2D eigenvalue weighted by molar-refractivity contribution is 0.0136. The van der Waals surface area contributed by atoms with Crippen molar-refractivity contribution >= 4 is 12.0 Å². The number of likely N-dealkylation sites (tertiary alicyclic amines) is 1. The van der Waals surface area contributed by atoms with E-state index in [9.17, 15) is 9.59 Å². The number of hydrogen-bond acceptors (Lipinski definition) is 7. The van der Waals surface area contributed by atoms with Crippen molar-refractivity contribution in [2.45, 2.75) is 70.9 Å². The van der Waals surface area contributed by atoms with Gasteiger partial charge < -0.3 is 15.0 Å². The number of nitrogens with zero attached hydrogens (tertiary/aromatic N) is 5. The van der Waals surface area contributed by atoms with Crippen LogP contribution in [-0.4, -0.2) is 67.7 Å². The summed E-state index contributed by atoms with van der Waals surface area (Å²) in [6.07, 6.45) is 4.98.